The molecule has 7 nitrogen and oxygen atoms in total. The van der Waals surface area contributed by atoms with E-state index in [4.69, 9.17) is 0 Å². The third-order valence-corrected chi connectivity index (χ3v) is 7.29. The topological polar surface area (TPSA) is 81.8 Å². The van der Waals surface area contributed by atoms with Gasteiger partial charge in [0.05, 0.1) is 5.69 Å². The second-order valence-electron chi connectivity index (χ2n) is 9.77. The van der Waals surface area contributed by atoms with Gasteiger partial charge in [-0.3, -0.25) is 9.59 Å². The smallest absolute Gasteiger partial charge is 0.329 e. The van der Waals surface area contributed by atoms with E-state index in [0.717, 1.165) is 5.56 Å². The van der Waals surface area contributed by atoms with E-state index in [0.29, 0.717) is 36.5 Å². The lowest BCUT2D eigenvalue weighted by molar-refractivity contribution is -0.122. The van der Waals surface area contributed by atoms with Crippen LogP contribution in [0, 0.1) is 5.92 Å². The molecule has 3 saturated heterocycles. The Bertz CT molecular complexity index is 836. The van der Waals surface area contributed by atoms with Gasteiger partial charge < -0.3 is 15.5 Å². The minimum absolute atomic E-state index is 0.0419. The highest BCUT2D eigenvalue weighted by atomic mass is 16.2. The predicted molar refractivity (Wildman–Crippen MR) is 125 cm³/mol. The summed E-state index contributed by atoms with van der Waals surface area (Å²) in [6, 6.07) is 7.03. The summed E-state index contributed by atoms with van der Waals surface area (Å²) in [6.45, 7) is 7.29. The number of carbonyl (C=O) groups excluding carboxylic acids is 3. The lowest BCUT2D eigenvalue weighted by Crippen LogP contribution is -2.51. The Morgan fingerprint density at radius 1 is 1.09 bits per heavy atom. The van der Waals surface area contributed by atoms with Crippen LogP contribution < -0.4 is 15.5 Å². The molecule has 3 aliphatic rings. The van der Waals surface area contributed by atoms with Crippen LogP contribution >= 0.6 is 0 Å². The van der Waals surface area contributed by atoms with Crippen LogP contribution in [0.2, 0.25) is 0 Å². The summed E-state index contributed by atoms with van der Waals surface area (Å²) in [5.74, 6) is 0.572. The van der Waals surface area contributed by atoms with E-state index in [1.807, 2.05) is 12.1 Å². The molecule has 0 saturated carbocycles. The molecule has 3 fully saturated rings. The number of urea groups is 1. The van der Waals surface area contributed by atoms with Crippen molar-refractivity contribution in [3.8, 4) is 0 Å². The molecule has 3 heterocycles. The van der Waals surface area contributed by atoms with Gasteiger partial charge in [-0.25, -0.2) is 9.69 Å². The number of imide groups is 1. The van der Waals surface area contributed by atoms with E-state index in [1.54, 1.807) is 12.1 Å². The maximum absolute atomic E-state index is 12.8. The normalized spacial score (nSPS) is 26.2. The summed E-state index contributed by atoms with van der Waals surface area (Å²) in [5, 5.41) is 5.83. The largest absolute Gasteiger partial charge is 0.356 e. The molecule has 4 amide bonds. The number of hydrogen-bond donors (Lipinski definition) is 2. The van der Waals surface area contributed by atoms with Gasteiger partial charge in [0.2, 0.25) is 5.91 Å². The molecule has 2 N–H and O–H groups in total. The lowest BCUT2D eigenvalue weighted by atomic mass is 9.83. The average molecular weight is 441 g/mol. The first-order valence-electron chi connectivity index (χ1n) is 12.2. The van der Waals surface area contributed by atoms with Crippen molar-refractivity contribution >= 4 is 23.5 Å². The van der Waals surface area contributed by atoms with Crippen LogP contribution in [0.1, 0.15) is 70.3 Å². The highest BCUT2D eigenvalue weighted by molar-refractivity contribution is 6.21. The number of nitrogens with one attached hydrogen (secondary N) is 2. The van der Waals surface area contributed by atoms with Crippen molar-refractivity contribution in [3.63, 3.8) is 0 Å². The van der Waals surface area contributed by atoms with Crippen molar-refractivity contribution in [2.45, 2.75) is 76.8 Å². The summed E-state index contributed by atoms with van der Waals surface area (Å²) in [5.41, 5.74) is 1.72. The zero-order valence-corrected chi connectivity index (χ0v) is 19.3. The van der Waals surface area contributed by atoms with E-state index >= 15 is 0 Å². The third-order valence-electron chi connectivity index (χ3n) is 7.29. The van der Waals surface area contributed by atoms with Crippen LogP contribution in [0.25, 0.3) is 0 Å². The van der Waals surface area contributed by atoms with Crippen molar-refractivity contribution in [2.75, 3.05) is 24.5 Å². The molecule has 3 atom stereocenters. The van der Waals surface area contributed by atoms with Crippen LogP contribution in [0.4, 0.5) is 10.5 Å². The molecule has 174 valence electrons. The molecule has 3 aliphatic heterocycles. The van der Waals surface area contributed by atoms with Crippen molar-refractivity contribution in [1.82, 2.24) is 15.5 Å². The monoisotopic (exact) mass is 440 g/mol. The van der Waals surface area contributed by atoms with Gasteiger partial charge in [-0.05, 0) is 74.7 Å². The summed E-state index contributed by atoms with van der Waals surface area (Å²) in [6.07, 6.45) is 6.73. The van der Waals surface area contributed by atoms with Crippen molar-refractivity contribution in [1.29, 1.82) is 0 Å². The SMILES string of the molecule is CC(C)c1ccc(N2C(=O)N[C@H](CCC(=O)NC[C@@H]3CCCN4CCCC[C@H]34)C2=O)cc1. The molecule has 0 aromatic heterocycles. The fourth-order valence-electron chi connectivity index (χ4n) is 5.40. The van der Waals surface area contributed by atoms with Crippen LogP contribution in [-0.2, 0) is 9.59 Å². The highest BCUT2D eigenvalue weighted by Crippen LogP contribution is 2.30. The van der Waals surface area contributed by atoms with Gasteiger partial charge in [0, 0.05) is 19.0 Å². The summed E-state index contributed by atoms with van der Waals surface area (Å²) in [7, 11) is 0. The van der Waals surface area contributed by atoms with E-state index in [-0.39, 0.29) is 18.2 Å². The van der Waals surface area contributed by atoms with E-state index in [2.05, 4.69) is 29.4 Å². The Kier molecular flexibility index (Phi) is 7.13. The molecular formula is C25H36N4O3. The van der Waals surface area contributed by atoms with Crippen LogP contribution in [0.15, 0.2) is 24.3 Å². The number of nitrogens with zero attached hydrogens (tertiary/aromatic N) is 2. The standard InChI is InChI=1S/C25H36N4O3/c1-17(2)18-8-10-20(11-9-18)29-24(31)21(27-25(29)32)12-13-23(30)26-16-19-6-5-15-28-14-4-3-7-22(19)28/h8-11,17,19,21-22H,3-7,12-16H2,1-2H3,(H,26,30)(H,27,32)/t19-,21+,22+/m0/s1. The molecule has 0 bridgehead atoms. The van der Waals surface area contributed by atoms with E-state index < -0.39 is 12.1 Å². The number of carbonyl (C=O) groups is 3. The van der Waals surface area contributed by atoms with Gasteiger partial charge >= 0.3 is 6.03 Å². The second-order valence-corrected chi connectivity index (χ2v) is 9.77. The van der Waals surface area contributed by atoms with Crippen molar-refractivity contribution < 1.29 is 14.4 Å². The Morgan fingerprint density at radius 2 is 1.84 bits per heavy atom. The first-order chi connectivity index (χ1) is 15.4. The molecule has 7 heteroatoms. The summed E-state index contributed by atoms with van der Waals surface area (Å²) >= 11 is 0. The molecule has 0 aliphatic carbocycles. The minimum Gasteiger partial charge on any atom is -0.356 e. The van der Waals surface area contributed by atoms with Gasteiger partial charge in [-0.2, -0.15) is 0 Å². The number of anilines is 1. The molecule has 1 aromatic carbocycles. The van der Waals surface area contributed by atoms with Crippen molar-refractivity contribution in [3.05, 3.63) is 29.8 Å². The summed E-state index contributed by atoms with van der Waals surface area (Å²) in [4.78, 5) is 41.5. The minimum atomic E-state index is -0.651. The van der Waals surface area contributed by atoms with Crippen molar-refractivity contribution in [2.24, 2.45) is 5.92 Å². The molecule has 1 aromatic rings. The predicted octanol–water partition coefficient (Wildman–Crippen LogP) is 3.40. The van der Waals surface area contributed by atoms with E-state index in [9.17, 15) is 14.4 Å². The Labute approximate surface area is 190 Å². The number of piperidine rings is 2. The quantitative estimate of drug-likeness (QED) is 0.637. The molecule has 0 unspecified atom stereocenters. The number of fused-ring (bicyclic) bond motifs is 1. The molecule has 4 rings (SSSR count). The van der Waals surface area contributed by atoms with Crippen LogP contribution in [0.3, 0.4) is 0 Å². The van der Waals surface area contributed by atoms with Crippen LogP contribution in [-0.4, -0.2) is 54.5 Å². The molecule has 0 spiro atoms. The number of rotatable bonds is 7. The highest BCUT2D eigenvalue weighted by Gasteiger charge is 2.39. The molecule has 32 heavy (non-hydrogen) atoms. The first kappa shape index (κ1) is 22.8. The number of amides is 4. The van der Waals surface area contributed by atoms with Gasteiger partial charge in [-0.1, -0.05) is 32.4 Å². The zero-order chi connectivity index (χ0) is 22.7. The van der Waals surface area contributed by atoms with Gasteiger partial charge in [-0.15, -0.1) is 0 Å². The van der Waals surface area contributed by atoms with Gasteiger partial charge in [0.15, 0.2) is 0 Å². The molecular weight excluding hydrogens is 404 g/mol. The van der Waals surface area contributed by atoms with Crippen LogP contribution in [0.5, 0.6) is 0 Å². The first-order valence-corrected chi connectivity index (χ1v) is 12.2. The lowest BCUT2D eigenvalue weighted by Gasteiger charge is -2.44. The third kappa shape index (κ3) is 4.98. The van der Waals surface area contributed by atoms with E-state index in [1.165, 1.54) is 50.1 Å². The Hall–Kier alpha value is -2.41. The number of benzene rings is 1. The fraction of sp³-hybridized carbons (Fsp3) is 0.640. The zero-order valence-electron chi connectivity index (χ0n) is 19.3. The van der Waals surface area contributed by atoms with Gasteiger partial charge in [0.1, 0.15) is 6.04 Å². The average Bonchev–Trinajstić information content (AvgIpc) is 3.09. The second kappa shape index (κ2) is 10.0. The van der Waals surface area contributed by atoms with Gasteiger partial charge in [0.25, 0.3) is 5.91 Å². The maximum Gasteiger partial charge on any atom is 0.329 e. The Morgan fingerprint density at radius 3 is 2.59 bits per heavy atom. The Balaban J connectivity index is 1.26. The summed E-state index contributed by atoms with van der Waals surface area (Å²) < 4.78 is 0. The fourth-order valence-corrected chi connectivity index (χ4v) is 5.40. The number of hydrogen-bond acceptors (Lipinski definition) is 4. The maximum atomic E-state index is 12.8. The molecule has 0 radical (unpaired) electrons.